The van der Waals surface area contributed by atoms with E-state index >= 15 is 0 Å². The number of benzene rings is 1. The monoisotopic (exact) mass is 328 g/mol. The van der Waals surface area contributed by atoms with E-state index in [4.69, 9.17) is 0 Å². The van der Waals surface area contributed by atoms with E-state index in [1.807, 2.05) is 0 Å². The summed E-state index contributed by atoms with van der Waals surface area (Å²) in [5.74, 6) is 1.47. The van der Waals surface area contributed by atoms with Crippen molar-refractivity contribution in [1.82, 2.24) is 9.80 Å². The van der Waals surface area contributed by atoms with E-state index in [0.717, 1.165) is 57.9 Å². The normalized spacial score (nSPS) is 21.2. The lowest BCUT2D eigenvalue weighted by atomic mass is 9.92. The first-order valence-electron chi connectivity index (χ1n) is 9.74. The molecule has 1 amide bonds. The highest BCUT2D eigenvalue weighted by Gasteiger charge is 2.30. The number of piperidine rings is 2. The molecule has 0 unspecified atom stereocenters. The number of carbonyl (C=O) groups excluding carboxylic acids is 1. The molecule has 2 aliphatic rings. The molecule has 0 radical (unpaired) electrons. The minimum absolute atomic E-state index is 0.261. The van der Waals surface area contributed by atoms with Crippen molar-refractivity contribution < 1.29 is 4.79 Å². The first-order chi connectivity index (χ1) is 11.7. The fraction of sp³-hybridized carbons (Fsp3) is 0.667. The number of hydrogen-bond donors (Lipinski definition) is 0. The third kappa shape index (κ3) is 4.38. The molecule has 0 saturated carbocycles. The lowest BCUT2D eigenvalue weighted by Gasteiger charge is -2.36. The molecule has 2 aliphatic heterocycles. The maximum atomic E-state index is 12.7. The van der Waals surface area contributed by atoms with E-state index in [-0.39, 0.29) is 5.92 Å². The van der Waals surface area contributed by atoms with Gasteiger partial charge in [-0.05, 0) is 62.2 Å². The van der Waals surface area contributed by atoms with Gasteiger partial charge in [0.15, 0.2) is 0 Å². The van der Waals surface area contributed by atoms with Gasteiger partial charge in [0.05, 0.1) is 0 Å². The van der Waals surface area contributed by atoms with Crippen LogP contribution in [0.5, 0.6) is 0 Å². The van der Waals surface area contributed by atoms with E-state index in [1.165, 1.54) is 24.0 Å². The van der Waals surface area contributed by atoms with Crippen molar-refractivity contribution in [2.24, 2.45) is 11.8 Å². The second kappa shape index (κ2) is 8.15. The highest BCUT2D eigenvalue weighted by molar-refractivity contribution is 5.79. The predicted octanol–water partition coefficient (Wildman–Crippen LogP) is 3.72. The van der Waals surface area contributed by atoms with E-state index in [2.05, 4.69) is 47.9 Å². The van der Waals surface area contributed by atoms with Gasteiger partial charge in [0.25, 0.3) is 0 Å². The molecule has 0 bridgehead atoms. The fourth-order valence-electron chi connectivity index (χ4n) is 3.96. The summed E-state index contributed by atoms with van der Waals surface area (Å²) in [6.07, 6.45) is 5.51. The molecule has 1 aromatic rings. The maximum absolute atomic E-state index is 12.7. The lowest BCUT2D eigenvalue weighted by Crippen LogP contribution is -2.45. The summed E-state index contributed by atoms with van der Waals surface area (Å²) < 4.78 is 0. The average Bonchev–Trinajstić information content (AvgIpc) is 2.63. The van der Waals surface area contributed by atoms with Crippen molar-refractivity contribution in [1.29, 1.82) is 0 Å². The predicted molar refractivity (Wildman–Crippen MR) is 98.8 cm³/mol. The van der Waals surface area contributed by atoms with Gasteiger partial charge in [-0.2, -0.15) is 0 Å². The van der Waals surface area contributed by atoms with Gasteiger partial charge < -0.3 is 4.90 Å². The number of amides is 1. The molecule has 3 nitrogen and oxygen atoms in total. The van der Waals surface area contributed by atoms with Crippen molar-refractivity contribution in [2.45, 2.75) is 52.5 Å². The van der Waals surface area contributed by atoms with Crippen LogP contribution in [0.2, 0.25) is 0 Å². The minimum atomic E-state index is 0.261. The zero-order chi connectivity index (χ0) is 16.9. The van der Waals surface area contributed by atoms with Gasteiger partial charge >= 0.3 is 0 Å². The van der Waals surface area contributed by atoms with Gasteiger partial charge in [0.2, 0.25) is 5.91 Å². The Kier molecular flexibility index (Phi) is 5.94. The largest absolute Gasteiger partial charge is 0.342 e. The van der Waals surface area contributed by atoms with E-state index < -0.39 is 0 Å². The Balaban J connectivity index is 1.45. The number of hydrogen-bond acceptors (Lipinski definition) is 2. The molecule has 2 saturated heterocycles. The highest BCUT2D eigenvalue weighted by atomic mass is 16.2. The van der Waals surface area contributed by atoms with Crippen LogP contribution in [0.3, 0.4) is 0 Å². The van der Waals surface area contributed by atoms with Crippen molar-refractivity contribution in [2.75, 3.05) is 26.2 Å². The van der Waals surface area contributed by atoms with Crippen molar-refractivity contribution in [3.05, 3.63) is 35.4 Å². The van der Waals surface area contributed by atoms with E-state index in [0.29, 0.717) is 5.91 Å². The Morgan fingerprint density at radius 2 is 1.54 bits per heavy atom. The van der Waals surface area contributed by atoms with Crippen LogP contribution in [0.25, 0.3) is 0 Å². The first kappa shape index (κ1) is 17.5. The maximum Gasteiger partial charge on any atom is 0.225 e. The SMILES string of the molecule is CCc1ccc(CN2CCC(C(=O)N3CCC(C)CC3)CC2)cc1. The van der Waals surface area contributed by atoms with Crippen molar-refractivity contribution >= 4 is 5.91 Å². The molecule has 1 aromatic carbocycles. The van der Waals surface area contributed by atoms with Crippen LogP contribution in [0.1, 0.15) is 50.7 Å². The quantitative estimate of drug-likeness (QED) is 0.841. The second-order valence-electron chi connectivity index (χ2n) is 7.73. The summed E-state index contributed by atoms with van der Waals surface area (Å²) in [6.45, 7) is 9.57. The Hall–Kier alpha value is -1.35. The van der Waals surface area contributed by atoms with Gasteiger partial charge in [-0.15, -0.1) is 0 Å². The van der Waals surface area contributed by atoms with Crippen LogP contribution in [-0.2, 0) is 17.8 Å². The summed E-state index contributed by atoms with van der Waals surface area (Å²) in [4.78, 5) is 17.3. The topological polar surface area (TPSA) is 23.6 Å². The molecule has 3 rings (SSSR count). The van der Waals surface area contributed by atoms with Gasteiger partial charge in [-0.25, -0.2) is 0 Å². The molecule has 2 heterocycles. The third-order valence-electron chi connectivity index (χ3n) is 5.87. The smallest absolute Gasteiger partial charge is 0.225 e. The van der Waals surface area contributed by atoms with Crippen LogP contribution >= 0.6 is 0 Å². The van der Waals surface area contributed by atoms with Crippen molar-refractivity contribution in [3.63, 3.8) is 0 Å². The molecule has 0 N–H and O–H groups in total. The number of rotatable bonds is 4. The molecule has 0 aromatic heterocycles. The van der Waals surface area contributed by atoms with Gasteiger partial charge in [0.1, 0.15) is 0 Å². The molecule has 0 atom stereocenters. The summed E-state index contributed by atoms with van der Waals surface area (Å²) in [5, 5.41) is 0. The Bertz CT molecular complexity index is 523. The van der Waals surface area contributed by atoms with E-state index in [1.54, 1.807) is 0 Å². The molecular weight excluding hydrogens is 296 g/mol. The highest BCUT2D eigenvalue weighted by Crippen LogP contribution is 2.24. The molecule has 3 heteroatoms. The molecule has 0 spiro atoms. The van der Waals surface area contributed by atoms with Gasteiger partial charge in [-0.3, -0.25) is 9.69 Å². The Labute approximate surface area is 147 Å². The molecule has 0 aliphatic carbocycles. The van der Waals surface area contributed by atoms with E-state index in [9.17, 15) is 4.79 Å². The number of aryl methyl sites for hydroxylation is 1. The number of carbonyl (C=O) groups is 1. The first-order valence-corrected chi connectivity index (χ1v) is 9.74. The van der Waals surface area contributed by atoms with Crippen LogP contribution in [0.15, 0.2) is 24.3 Å². The number of nitrogens with zero attached hydrogens (tertiary/aromatic N) is 2. The average molecular weight is 329 g/mol. The minimum Gasteiger partial charge on any atom is -0.342 e. The Morgan fingerprint density at radius 1 is 0.958 bits per heavy atom. The summed E-state index contributed by atoms with van der Waals surface area (Å²) >= 11 is 0. The van der Waals surface area contributed by atoms with Gasteiger partial charge in [-0.1, -0.05) is 38.1 Å². The Morgan fingerprint density at radius 3 is 2.12 bits per heavy atom. The standard InChI is InChI=1S/C21H32N2O/c1-3-18-4-6-19(7-5-18)16-22-12-10-20(11-13-22)21(24)23-14-8-17(2)9-15-23/h4-7,17,20H,3,8-16H2,1-2H3. The molecule has 24 heavy (non-hydrogen) atoms. The number of likely N-dealkylation sites (tertiary alicyclic amines) is 2. The van der Waals surface area contributed by atoms with Crippen LogP contribution in [-0.4, -0.2) is 41.9 Å². The molecular formula is C21H32N2O. The summed E-state index contributed by atoms with van der Waals surface area (Å²) in [5.41, 5.74) is 2.79. The summed E-state index contributed by atoms with van der Waals surface area (Å²) in [7, 11) is 0. The third-order valence-corrected chi connectivity index (χ3v) is 5.87. The van der Waals surface area contributed by atoms with Gasteiger partial charge in [0, 0.05) is 25.6 Å². The second-order valence-corrected chi connectivity index (χ2v) is 7.73. The fourth-order valence-corrected chi connectivity index (χ4v) is 3.96. The lowest BCUT2D eigenvalue weighted by molar-refractivity contribution is -0.138. The molecule has 2 fully saturated rings. The zero-order valence-electron chi connectivity index (χ0n) is 15.3. The zero-order valence-corrected chi connectivity index (χ0v) is 15.3. The van der Waals surface area contributed by atoms with Crippen LogP contribution < -0.4 is 0 Å². The van der Waals surface area contributed by atoms with Crippen LogP contribution in [0.4, 0.5) is 0 Å². The molecule has 132 valence electrons. The van der Waals surface area contributed by atoms with Crippen molar-refractivity contribution in [3.8, 4) is 0 Å². The van der Waals surface area contributed by atoms with Crippen LogP contribution in [0, 0.1) is 11.8 Å². The summed E-state index contributed by atoms with van der Waals surface area (Å²) in [6, 6.07) is 8.99.